The van der Waals surface area contributed by atoms with Crippen molar-refractivity contribution in [2.75, 3.05) is 13.3 Å². The minimum absolute atomic E-state index is 0.0269. The van der Waals surface area contributed by atoms with E-state index in [-0.39, 0.29) is 43.1 Å². The molecule has 2 rings (SSSR count). The third-order valence-electron chi connectivity index (χ3n) is 3.87. The third-order valence-corrected chi connectivity index (χ3v) is 3.87. The standard InChI is InChI=1S/C11H18BNO4/c1-2-16-11(15)10-7-3-4-9(14)8(7)5-12(10)17-6-13/h7-8,10H,2-6,13H2,1H3/t7-,8-,10-/m0/s1. The van der Waals surface area contributed by atoms with Crippen molar-refractivity contribution >= 4 is 18.7 Å². The first kappa shape index (κ1) is 12.6. The predicted molar refractivity (Wildman–Crippen MR) is 62.3 cm³/mol. The molecule has 1 saturated heterocycles. The van der Waals surface area contributed by atoms with Gasteiger partial charge in [0.1, 0.15) is 5.78 Å². The number of carbonyl (C=O) groups excluding carboxylic acids is 2. The highest BCUT2D eigenvalue weighted by Crippen LogP contribution is 2.49. The highest BCUT2D eigenvalue weighted by Gasteiger charge is 2.55. The number of ketones is 1. The van der Waals surface area contributed by atoms with E-state index in [9.17, 15) is 9.59 Å². The maximum atomic E-state index is 11.9. The van der Waals surface area contributed by atoms with Crippen molar-refractivity contribution in [3.8, 4) is 0 Å². The van der Waals surface area contributed by atoms with Crippen molar-refractivity contribution in [2.24, 2.45) is 17.6 Å². The third kappa shape index (κ3) is 2.24. The van der Waals surface area contributed by atoms with Crippen LogP contribution in [0.4, 0.5) is 0 Å². The van der Waals surface area contributed by atoms with Gasteiger partial charge in [0.25, 0.3) is 0 Å². The second-order valence-corrected chi connectivity index (χ2v) is 4.66. The topological polar surface area (TPSA) is 78.6 Å². The van der Waals surface area contributed by atoms with Crippen LogP contribution in [0.5, 0.6) is 0 Å². The Hall–Kier alpha value is -0.875. The molecule has 6 heteroatoms. The van der Waals surface area contributed by atoms with E-state index in [4.69, 9.17) is 15.1 Å². The normalized spacial score (nSPS) is 31.8. The Kier molecular flexibility index (Phi) is 3.84. The Morgan fingerprint density at radius 2 is 2.35 bits per heavy atom. The van der Waals surface area contributed by atoms with Gasteiger partial charge in [0.2, 0.25) is 0 Å². The van der Waals surface area contributed by atoms with Crippen LogP contribution in [0.25, 0.3) is 0 Å². The summed E-state index contributed by atoms with van der Waals surface area (Å²) < 4.78 is 10.5. The van der Waals surface area contributed by atoms with Gasteiger partial charge in [-0.05, 0) is 25.6 Å². The zero-order chi connectivity index (χ0) is 12.4. The fourth-order valence-corrected chi connectivity index (χ4v) is 3.20. The summed E-state index contributed by atoms with van der Waals surface area (Å²) in [6.07, 6.45) is 1.97. The number of esters is 1. The molecule has 94 valence electrons. The predicted octanol–water partition coefficient (Wildman–Crippen LogP) is 0.453. The van der Waals surface area contributed by atoms with Gasteiger partial charge in [-0.2, -0.15) is 0 Å². The average molecular weight is 239 g/mol. The number of carbonyl (C=O) groups is 2. The van der Waals surface area contributed by atoms with E-state index in [1.54, 1.807) is 6.92 Å². The molecule has 1 saturated carbocycles. The molecule has 0 aromatic carbocycles. The SMILES string of the molecule is CCOC(=O)[C@H]1B(OCN)C[C@@H]2C(=O)CC[C@@H]21. The van der Waals surface area contributed by atoms with E-state index in [2.05, 4.69) is 0 Å². The van der Waals surface area contributed by atoms with Crippen LogP contribution in [0.15, 0.2) is 0 Å². The van der Waals surface area contributed by atoms with Crippen molar-refractivity contribution < 1.29 is 19.0 Å². The Bertz CT molecular complexity index is 323. The molecule has 0 unspecified atom stereocenters. The molecular weight excluding hydrogens is 221 g/mol. The van der Waals surface area contributed by atoms with E-state index in [0.29, 0.717) is 19.3 Å². The van der Waals surface area contributed by atoms with Gasteiger partial charge in [-0.25, -0.2) is 0 Å². The highest BCUT2D eigenvalue weighted by molar-refractivity contribution is 6.60. The van der Waals surface area contributed by atoms with Crippen molar-refractivity contribution in [3.63, 3.8) is 0 Å². The van der Waals surface area contributed by atoms with E-state index < -0.39 is 0 Å². The van der Waals surface area contributed by atoms with E-state index >= 15 is 0 Å². The molecule has 1 aliphatic heterocycles. The van der Waals surface area contributed by atoms with Gasteiger partial charge in [0.15, 0.2) is 0 Å². The molecule has 5 nitrogen and oxygen atoms in total. The Morgan fingerprint density at radius 1 is 1.59 bits per heavy atom. The van der Waals surface area contributed by atoms with Gasteiger partial charge < -0.3 is 15.1 Å². The number of hydrogen-bond acceptors (Lipinski definition) is 5. The number of rotatable bonds is 4. The lowest BCUT2D eigenvalue weighted by Gasteiger charge is -2.19. The number of fused-ring (bicyclic) bond motifs is 1. The summed E-state index contributed by atoms with van der Waals surface area (Å²) in [7, 11) is 0. The van der Waals surface area contributed by atoms with Crippen LogP contribution in [0, 0.1) is 11.8 Å². The zero-order valence-corrected chi connectivity index (χ0v) is 10.1. The van der Waals surface area contributed by atoms with E-state index in [1.165, 1.54) is 0 Å². The van der Waals surface area contributed by atoms with E-state index in [1.807, 2.05) is 0 Å². The molecule has 0 amide bonds. The first-order valence-electron chi connectivity index (χ1n) is 6.20. The fraction of sp³-hybridized carbons (Fsp3) is 0.818. The quantitative estimate of drug-likeness (QED) is 0.437. The molecule has 17 heavy (non-hydrogen) atoms. The van der Waals surface area contributed by atoms with Crippen LogP contribution >= 0.6 is 0 Å². The van der Waals surface area contributed by atoms with Crippen molar-refractivity contribution in [3.05, 3.63) is 0 Å². The molecular formula is C11H18BNO4. The molecule has 2 N–H and O–H groups in total. The molecule has 2 fully saturated rings. The lowest BCUT2D eigenvalue weighted by atomic mass is 9.56. The molecule has 1 aliphatic carbocycles. The second-order valence-electron chi connectivity index (χ2n) is 4.66. The van der Waals surface area contributed by atoms with Gasteiger partial charge in [-0.15, -0.1) is 0 Å². The number of ether oxygens (including phenoxy) is 1. The van der Waals surface area contributed by atoms with Crippen molar-refractivity contribution in [1.82, 2.24) is 0 Å². The molecule has 0 aromatic heterocycles. The second kappa shape index (κ2) is 5.18. The van der Waals surface area contributed by atoms with Crippen LogP contribution in [-0.2, 0) is 19.0 Å². The van der Waals surface area contributed by atoms with Gasteiger partial charge >= 0.3 is 12.9 Å². The number of Topliss-reactive ketones (excluding diaryl/α,β-unsaturated/α-hetero) is 1. The zero-order valence-electron chi connectivity index (χ0n) is 10.1. The minimum atomic E-state index is -0.310. The van der Waals surface area contributed by atoms with E-state index in [0.717, 1.165) is 6.42 Å². The van der Waals surface area contributed by atoms with Crippen molar-refractivity contribution in [2.45, 2.75) is 31.9 Å². The van der Waals surface area contributed by atoms with Crippen LogP contribution < -0.4 is 5.73 Å². The monoisotopic (exact) mass is 239 g/mol. The van der Waals surface area contributed by atoms with Crippen LogP contribution in [-0.4, -0.2) is 32.0 Å². The Labute approximate surface area is 101 Å². The molecule has 3 atom stereocenters. The smallest absolute Gasteiger partial charge is 0.310 e. The van der Waals surface area contributed by atoms with Gasteiger partial charge in [0, 0.05) is 12.3 Å². The molecule has 0 aromatic rings. The molecule has 2 aliphatic rings. The first-order valence-corrected chi connectivity index (χ1v) is 6.20. The summed E-state index contributed by atoms with van der Waals surface area (Å²) >= 11 is 0. The average Bonchev–Trinajstić information content (AvgIpc) is 2.80. The first-order chi connectivity index (χ1) is 8.19. The summed E-state index contributed by atoms with van der Waals surface area (Å²) in [4.78, 5) is 23.6. The maximum absolute atomic E-state index is 11.9. The van der Waals surface area contributed by atoms with Gasteiger partial charge in [-0.1, -0.05) is 0 Å². The summed E-state index contributed by atoms with van der Waals surface area (Å²) in [6.45, 7) is 1.96. The molecule has 0 spiro atoms. The summed E-state index contributed by atoms with van der Waals surface area (Å²) in [5, 5.41) is 0. The largest absolute Gasteiger partial charge is 0.466 e. The van der Waals surface area contributed by atoms with Gasteiger partial charge in [-0.3, -0.25) is 9.59 Å². The minimum Gasteiger partial charge on any atom is -0.466 e. The Morgan fingerprint density at radius 3 is 3.00 bits per heavy atom. The van der Waals surface area contributed by atoms with Crippen molar-refractivity contribution in [1.29, 1.82) is 0 Å². The van der Waals surface area contributed by atoms with Crippen LogP contribution in [0.2, 0.25) is 12.1 Å². The molecule has 0 bridgehead atoms. The number of hydrogen-bond donors (Lipinski definition) is 1. The summed E-state index contributed by atoms with van der Waals surface area (Å²) in [5.41, 5.74) is 5.37. The molecule has 1 heterocycles. The van der Waals surface area contributed by atoms with Crippen LogP contribution in [0.3, 0.4) is 0 Å². The van der Waals surface area contributed by atoms with Crippen LogP contribution in [0.1, 0.15) is 19.8 Å². The lowest BCUT2D eigenvalue weighted by molar-refractivity contribution is -0.144. The maximum Gasteiger partial charge on any atom is 0.310 e. The number of nitrogens with two attached hydrogens (primary N) is 1. The highest BCUT2D eigenvalue weighted by atomic mass is 16.5. The Balaban J connectivity index is 2.13. The summed E-state index contributed by atoms with van der Waals surface area (Å²) in [6, 6.07) is 0. The fourth-order valence-electron chi connectivity index (χ4n) is 3.20. The lowest BCUT2D eigenvalue weighted by Crippen LogP contribution is -2.31. The van der Waals surface area contributed by atoms with Gasteiger partial charge in [0.05, 0.1) is 19.2 Å². The summed E-state index contributed by atoms with van der Waals surface area (Å²) in [5.74, 6) is -0.227. The molecule has 0 radical (unpaired) electrons.